The van der Waals surface area contributed by atoms with Crippen molar-refractivity contribution in [1.82, 2.24) is 14.5 Å². The molecule has 1 saturated heterocycles. The molecule has 0 aliphatic carbocycles. The minimum Gasteiger partial charge on any atom is -0.403 e. The number of anilines is 1. The van der Waals surface area contributed by atoms with E-state index < -0.39 is 15.9 Å². The highest BCUT2D eigenvalue weighted by Crippen LogP contribution is 2.21. The van der Waals surface area contributed by atoms with Crippen LogP contribution in [0.25, 0.3) is 11.5 Å². The summed E-state index contributed by atoms with van der Waals surface area (Å²) in [6.45, 7) is 0.959. The lowest BCUT2D eigenvalue weighted by atomic mass is 10.2. The van der Waals surface area contributed by atoms with E-state index in [1.807, 2.05) is 30.3 Å². The van der Waals surface area contributed by atoms with Crippen molar-refractivity contribution in [3.05, 3.63) is 60.2 Å². The van der Waals surface area contributed by atoms with E-state index in [1.54, 1.807) is 0 Å². The lowest BCUT2D eigenvalue weighted by molar-refractivity contribution is 0.0979. The number of nitrogens with one attached hydrogen (secondary N) is 1. The number of rotatable bonds is 7. The summed E-state index contributed by atoms with van der Waals surface area (Å²) in [6, 6.07) is 14.8. The Labute approximate surface area is 180 Å². The summed E-state index contributed by atoms with van der Waals surface area (Å²) < 4.78 is 37.8. The fourth-order valence-electron chi connectivity index (χ4n) is 3.27. The van der Waals surface area contributed by atoms with E-state index in [1.165, 1.54) is 35.6 Å². The van der Waals surface area contributed by atoms with Gasteiger partial charge in [0.05, 0.1) is 11.0 Å². The van der Waals surface area contributed by atoms with Gasteiger partial charge in [-0.2, -0.15) is 4.31 Å². The number of sulfonamides is 1. The maximum absolute atomic E-state index is 12.8. The summed E-state index contributed by atoms with van der Waals surface area (Å²) in [6.07, 6.45) is 1.70. The Bertz CT molecular complexity index is 1140. The predicted octanol–water partition coefficient (Wildman–Crippen LogP) is 2.79. The molecule has 1 aromatic heterocycles. The smallest absolute Gasteiger partial charge is 0.322 e. The van der Waals surface area contributed by atoms with Crippen LogP contribution < -0.4 is 5.32 Å². The maximum Gasteiger partial charge on any atom is 0.322 e. The monoisotopic (exact) mass is 442 g/mol. The van der Waals surface area contributed by atoms with Gasteiger partial charge in [0.25, 0.3) is 5.91 Å². The molecule has 1 aliphatic heterocycles. The zero-order valence-corrected chi connectivity index (χ0v) is 17.7. The summed E-state index contributed by atoms with van der Waals surface area (Å²) in [5, 5.41) is 10.3. The highest BCUT2D eigenvalue weighted by atomic mass is 32.2. The molecule has 0 unspecified atom stereocenters. The van der Waals surface area contributed by atoms with Gasteiger partial charge in [-0.1, -0.05) is 23.3 Å². The van der Waals surface area contributed by atoms with E-state index in [4.69, 9.17) is 9.15 Å². The van der Waals surface area contributed by atoms with Gasteiger partial charge >= 0.3 is 6.01 Å². The Morgan fingerprint density at radius 1 is 1.13 bits per heavy atom. The molecule has 0 radical (unpaired) electrons. The number of likely N-dealkylation sites (N-methyl/N-ethyl adjacent to an activating group) is 1. The lowest BCUT2D eigenvalue weighted by Gasteiger charge is -2.20. The van der Waals surface area contributed by atoms with Crippen LogP contribution in [0.1, 0.15) is 23.2 Å². The summed E-state index contributed by atoms with van der Waals surface area (Å²) in [5.74, 6) is -0.202. The molecule has 0 spiro atoms. The first-order chi connectivity index (χ1) is 14.9. The van der Waals surface area contributed by atoms with Gasteiger partial charge in [0, 0.05) is 31.3 Å². The van der Waals surface area contributed by atoms with Gasteiger partial charge < -0.3 is 9.15 Å². The average molecular weight is 442 g/mol. The standard InChI is InChI=1S/C21H22N4O5S/c1-25(14-17-8-5-13-29-17)31(27,28)18-11-9-15(10-12-18)19(26)22-21-24-23-20(30-21)16-6-3-2-4-7-16/h2-4,6-7,9-12,17H,5,8,13-14H2,1H3,(H,22,24,26)/t17-/m1/s1. The molecule has 4 rings (SSSR count). The lowest BCUT2D eigenvalue weighted by Crippen LogP contribution is -2.34. The van der Waals surface area contributed by atoms with Gasteiger partial charge in [-0.3, -0.25) is 10.1 Å². The van der Waals surface area contributed by atoms with Crippen molar-refractivity contribution in [2.24, 2.45) is 0 Å². The van der Waals surface area contributed by atoms with E-state index in [0.29, 0.717) is 13.2 Å². The predicted molar refractivity (Wildman–Crippen MR) is 113 cm³/mol. The van der Waals surface area contributed by atoms with Crippen LogP contribution >= 0.6 is 0 Å². The van der Waals surface area contributed by atoms with Gasteiger partial charge in [-0.15, -0.1) is 5.10 Å². The number of amides is 1. The van der Waals surface area contributed by atoms with Crippen LogP contribution in [-0.4, -0.2) is 55.1 Å². The second kappa shape index (κ2) is 8.96. The number of ether oxygens (including phenoxy) is 1. The van der Waals surface area contributed by atoms with Gasteiger partial charge in [0.1, 0.15) is 0 Å². The van der Waals surface area contributed by atoms with Crippen molar-refractivity contribution in [2.75, 3.05) is 25.5 Å². The quantitative estimate of drug-likeness (QED) is 0.598. The van der Waals surface area contributed by atoms with E-state index >= 15 is 0 Å². The Hall–Kier alpha value is -3.08. The van der Waals surface area contributed by atoms with E-state index in [0.717, 1.165) is 18.4 Å². The number of benzene rings is 2. The fraction of sp³-hybridized carbons (Fsp3) is 0.286. The highest BCUT2D eigenvalue weighted by Gasteiger charge is 2.26. The van der Waals surface area contributed by atoms with Crippen molar-refractivity contribution in [3.63, 3.8) is 0 Å². The molecule has 3 aromatic rings. The number of carbonyl (C=O) groups is 1. The molecular formula is C21H22N4O5S. The first kappa shape index (κ1) is 21.2. The molecule has 1 atom stereocenters. The Kier molecular flexibility index (Phi) is 6.12. The van der Waals surface area contributed by atoms with Crippen molar-refractivity contribution in [3.8, 4) is 11.5 Å². The van der Waals surface area contributed by atoms with Crippen molar-refractivity contribution < 1.29 is 22.4 Å². The molecular weight excluding hydrogens is 420 g/mol. The van der Waals surface area contributed by atoms with Crippen LogP contribution in [0.3, 0.4) is 0 Å². The van der Waals surface area contributed by atoms with Crippen molar-refractivity contribution >= 4 is 21.9 Å². The van der Waals surface area contributed by atoms with Crippen LogP contribution in [0.2, 0.25) is 0 Å². The first-order valence-electron chi connectivity index (χ1n) is 9.82. The van der Waals surface area contributed by atoms with Gasteiger partial charge in [-0.25, -0.2) is 8.42 Å². The normalized spacial score (nSPS) is 16.5. The Morgan fingerprint density at radius 2 is 1.87 bits per heavy atom. The maximum atomic E-state index is 12.8. The number of hydrogen-bond acceptors (Lipinski definition) is 7. The average Bonchev–Trinajstić information content (AvgIpc) is 3.46. The first-order valence-corrected chi connectivity index (χ1v) is 11.3. The summed E-state index contributed by atoms with van der Waals surface area (Å²) in [5.41, 5.74) is 0.998. The number of hydrogen-bond donors (Lipinski definition) is 1. The highest BCUT2D eigenvalue weighted by molar-refractivity contribution is 7.89. The summed E-state index contributed by atoms with van der Waals surface area (Å²) in [4.78, 5) is 12.6. The molecule has 1 amide bonds. The van der Waals surface area contributed by atoms with Crippen LogP contribution in [0.4, 0.5) is 6.01 Å². The number of aromatic nitrogens is 2. The molecule has 2 heterocycles. The molecule has 1 aliphatic rings. The second-order valence-corrected chi connectivity index (χ2v) is 9.22. The molecule has 0 bridgehead atoms. The van der Waals surface area contributed by atoms with Crippen LogP contribution in [0.5, 0.6) is 0 Å². The van der Waals surface area contributed by atoms with Gasteiger partial charge in [0.2, 0.25) is 15.9 Å². The zero-order chi connectivity index (χ0) is 21.8. The SMILES string of the molecule is CN(C[C@H]1CCCO1)S(=O)(=O)c1ccc(C(=O)Nc2nnc(-c3ccccc3)o2)cc1. The molecule has 10 heteroatoms. The largest absolute Gasteiger partial charge is 0.403 e. The Balaban J connectivity index is 1.41. The molecule has 9 nitrogen and oxygen atoms in total. The van der Waals surface area contributed by atoms with Gasteiger partial charge in [-0.05, 0) is 49.2 Å². The van der Waals surface area contributed by atoms with Gasteiger partial charge in [0.15, 0.2) is 0 Å². The minimum atomic E-state index is -3.67. The topological polar surface area (TPSA) is 115 Å². The van der Waals surface area contributed by atoms with E-state index in [2.05, 4.69) is 15.5 Å². The molecule has 1 fully saturated rings. The number of nitrogens with zero attached hydrogens (tertiary/aromatic N) is 3. The van der Waals surface area contributed by atoms with E-state index in [9.17, 15) is 13.2 Å². The molecule has 31 heavy (non-hydrogen) atoms. The fourth-order valence-corrected chi connectivity index (χ4v) is 4.47. The molecule has 2 aromatic carbocycles. The summed E-state index contributed by atoms with van der Waals surface area (Å²) >= 11 is 0. The third-order valence-corrected chi connectivity index (χ3v) is 6.81. The summed E-state index contributed by atoms with van der Waals surface area (Å²) in [7, 11) is -2.15. The number of carbonyl (C=O) groups excluding carboxylic acids is 1. The van der Waals surface area contributed by atoms with Crippen molar-refractivity contribution in [1.29, 1.82) is 0 Å². The molecule has 162 valence electrons. The zero-order valence-electron chi connectivity index (χ0n) is 16.9. The van der Waals surface area contributed by atoms with Crippen LogP contribution in [0.15, 0.2) is 63.9 Å². The van der Waals surface area contributed by atoms with Crippen LogP contribution in [-0.2, 0) is 14.8 Å². The van der Waals surface area contributed by atoms with Crippen LogP contribution in [0, 0.1) is 0 Å². The minimum absolute atomic E-state index is 0.0446. The van der Waals surface area contributed by atoms with E-state index in [-0.39, 0.29) is 28.5 Å². The molecule has 0 saturated carbocycles. The second-order valence-electron chi connectivity index (χ2n) is 7.18. The molecule has 1 N–H and O–H groups in total. The Morgan fingerprint density at radius 3 is 2.55 bits per heavy atom. The van der Waals surface area contributed by atoms with Crippen molar-refractivity contribution in [2.45, 2.75) is 23.8 Å². The third-order valence-electron chi connectivity index (χ3n) is 4.98. The third kappa shape index (κ3) is 4.82.